The van der Waals surface area contributed by atoms with Crippen LogP contribution in [0.2, 0.25) is 0 Å². The van der Waals surface area contributed by atoms with Crippen molar-refractivity contribution in [3.8, 4) is 0 Å². The fourth-order valence-electron chi connectivity index (χ4n) is 4.22. The zero-order valence-electron chi connectivity index (χ0n) is 16.4. The smallest absolute Gasteiger partial charge is 0.345 e. The van der Waals surface area contributed by atoms with Gasteiger partial charge < -0.3 is 10.2 Å². The second-order valence-electron chi connectivity index (χ2n) is 8.70. The molecule has 0 spiro atoms. The van der Waals surface area contributed by atoms with Crippen LogP contribution in [0.1, 0.15) is 38.7 Å². The fourth-order valence-corrected chi connectivity index (χ4v) is 4.22. The molecule has 7 nitrogen and oxygen atoms in total. The van der Waals surface area contributed by atoms with Gasteiger partial charge >= 0.3 is 6.03 Å². The Morgan fingerprint density at radius 3 is 2.61 bits per heavy atom. The van der Waals surface area contributed by atoms with Gasteiger partial charge in [0.15, 0.2) is 5.78 Å². The van der Waals surface area contributed by atoms with Gasteiger partial charge in [0, 0.05) is 12.5 Å². The van der Waals surface area contributed by atoms with Crippen molar-refractivity contribution in [2.45, 2.75) is 51.8 Å². The van der Waals surface area contributed by atoms with E-state index in [4.69, 9.17) is 4.84 Å². The highest BCUT2D eigenvalue weighted by Crippen LogP contribution is 2.51. The predicted octanol–water partition coefficient (Wildman–Crippen LogP) is 2.12. The van der Waals surface area contributed by atoms with E-state index in [0.717, 1.165) is 12.0 Å². The average Bonchev–Trinajstić information content (AvgIpc) is 3.27. The number of benzene rings is 1. The maximum absolute atomic E-state index is 12.7. The minimum absolute atomic E-state index is 0.0332. The van der Waals surface area contributed by atoms with Crippen LogP contribution in [0.5, 0.6) is 0 Å². The van der Waals surface area contributed by atoms with Gasteiger partial charge in [-0.15, -0.1) is 0 Å². The van der Waals surface area contributed by atoms with Crippen LogP contribution in [-0.4, -0.2) is 52.9 Å². The van der Waals surface area contributed by atoms with Crippen molar-refractivity contribution in [1.82, 2.24) is 15.3 Å². The van der Waals surface area contributed by atoms with Crippen molar-refractivity contribution >= 4 is 17.7 Å². The molecule has 1 aliphatic carbocycles. The largest absolute Gasteiger partial charge is 0.347 e. The Hall–Kier alpha value is -2.41. The fraction of sp³-hybridized carbons (Fsp3) is 0.571. The quantitative estimate of drug-likeness (QED) is 0.780. The molecule has 2 aliphatic heterocycles. The monoisotopic (exact) mass is 385 g/mol. The number of carbonyl (C=O) groups is 3. The molecule has 3 amide bonds. The topological polar surface area (TPSA) is 79.0 Å². The number of hydrogen-bond acceptors (Lipinski definition) is 4. The van der Waals surface area contributed by atoms with E-state index < -0.39 is 6.04 Å². The lowest BCUT2D eigenvalue weighted by molar-refractivity contribution is -0.140. The van der Waals surface area contributed by atoms with E-state index >= 15 is 0 Å². The molecule has 2 saturated heterocycles. The minimum Gasteiger partial charge on any atom is -0.347 e. The Kier molecular flexibility index (Phi) is 4.87. The first-order chi connectivity index (χ1) is 13.4. The van der Waals surface area contributed by atoms with E-state index in [0.29, 0.717) is 26.0 Å². The number of ketones is 1. The van der Waals surface area contributed by atoms with Crippen LogP contribution < -0.4 is 5.32 Å². The van der Waals surface area contributed by atoms with Crippen LogP contribution in [0.4, 0.5) is 4.79 Å². The van der Waals surface area contributed by atoms with Crippen LogP contribution >= 0.6 is 0 Å². The summed E-state index contributed by atoms with van der Waals surface area (Å²) in [7, 11) is 0. The van der Waals surface area contributed by atoms with Gasteiger partial charge in [-0.25, -0.2) is 4.79 Å². The summed E-state index contributed by atoms with van der Waals surface area (Å²) in [5.41, 5.74) is 1.05. The summed E-state index contributed by atoms with van der Waals surface area (Å²) in [4.78, 5) is 44.9. The lowest BCUT2D eigenvalue weighted by atomic mass is 10.00. The van der Waals surface area contributed by atoms with E-state index in [-0.39, 0.29) is 41.6 Å². The number of urea groups is 1. The number of rotatable bonds is 7. The van der Waals surface area contributed by atoms with Crippen LogP contribution in [0, 0.1) is 11.3 Å². The van der Waals surface area contributed by atoms with Gasteiger partial charge in [-0.3, -0.25) is 14.4 Å². The zero-order chi connectivity index (χ0) is 19.9. The zero-order valence-corrected chi connectivity index (χ0v) is 16.4. The molecular formula is C21H27N3O4. The number of nitrogens with zero attached hydrogens (tertiary/aromatic N) is 2. The average molecular weight is 385 g/mol. The third-order valence-corrected chi connectivity index (χ3v) is 6.18. The number of hydrogen-bond donors (Lipinski definition) is 1. The molecule has 4 rings (SSSR count). The number of hydroxylamine groups is 2. The van der Waals surface area contributed by atoms with Gasteiger partial charge in [-0.1, -0.05) is 44.2 Å². The summed E-state index contributed by atoms with van der Waals surface area (Å²) in [5.74, 6) is -0.130. The first kappa shape index (κ1) is 18.9. The third kappa shape index (κ3) is 3.63. The van der Waals surface area contributed by atoms with E-state index in [9.17, 15) is 14.4 Å². The van der Waals surface area contributed by atoms with Gasteiger partial charge in [0.05, 0.1) is 12.6 Å². The normalized spacial score (nSPS) is 27.6. The van der Waals surface area contributed by atoms with Gasteiger partial charge in [-0.2, -0.15) is 5.06 Å². The lowest BCUT2D eigenvalue weighted by Gasteiger charge is -2.29. The van der Waals surface area contributed by atoms with Crippen LogP contribution in [-0.2, 0) is 21.0 Å². The van der Waals surface area contributed by atoms with Gasteiger partial charge in [0.25, 0.3) is 0 Å². The summed E-state index contributed by atoms with van der Waals surface area (Å²) in [6, 6.07) is 8.84. The molecule has 28 heavy (non-hydrogen) atoms. The second kappa shape index (κ2) is 7.20. The van der Waals surface area contributed by atoms with Crippen molar-refractivity contribution in [2.24, 2.45) is 11.3 Å². The van der Waals surface area contributed by atoms with Crippen molar-refractivity contribution in [2.75, 3.05) is 13.1 Å². The predicted molar refractivity (Wildman–Crippen MR) is 102 cm³/mol. The number of nitrogens with one attached hydrogen (secondary N) is 1. The van der Waals surface area contributed by atoms with Crippen LogP contribution in [0.25, 0.3) is 0 Å². The molecular weight excluding hydrogens is 358 g/mol. The van der Waals surface area contributed by atoms with E-state index in [1.54, 1.807) is 4.90 Å². The molecule has 1 N–H and O–H groups in total. The van der Waals surface area contributed by atoms with Crippen molar-refractivity contribution in [3.05, 3.63) is 35.9 Å². The molecule has 0 radical (unpaired) electrons. The molecule has 3 aliphatic rings. The Balaban J connectivity index is 1.31. The molecule has 1 unspecified atom stereocenters. The highest BCUT2D eigenvalue weighted by atomic mass is 16.7. The summed E-state index contributed by atoms with van der Waals surface area (Å²) >= 11 is 0. The first-order valence-electron chi connectivity index (χ1n) is 9.94. The molecule has 150 valence electrons. The van der Waals surface area contributed by atoms with E-state index in [1.807, 2.05) is 30.3 Å². The Labute approximate surface area is 165 Å². The number of Topliss-reactive ketones (excluding diaryl/α,β-unsaturated/α-hetero) is 1. The lowest BCUT2D eigenvalue weighted by Crippen LogP contribution is -2.50. The summed E-state index contributed by atoms with van der Waals surface area (Å²) in [5, 5.41) is 4.16. The first-order valence-corrected chi connectivity index (χ1v) is 9.94. The van der Waals surface area contributed by atoms with Crippen molar-refractivity contribution in [1.29, 1.82) is 0 Å². The highest BCUT2D eigenvalue weighted by Gasteiger charge is 2.51. The molecule has 2 heterocycles. The number of amides is 3. The maximum atomic E-state index is 12.7. The van der Waals surface area contributed by atoms with Crippen LogP contribution in [0.3, 0.4) is 0 Å². The van der Waals surface area contributed by atoms with Gasteiger partial charge in [-0.05, 0) is 30.2 Å². The molecule has 3 atom stereocenters. The second-order valence-corrected chi connectivity index (χ2v) is 8.70. The molecule has 0 aromatic heterocycles. The SMILES string of the molecule is CC1(C)CC1C(=O)CNC(=O)[C@@H]1CC[C@@H]2CN1C(=O)N2OCc1ccccc1. The van der Waals surface area contributed by atoms with Crippen LogP contribution in [0.15, 0.2) is 30.3 Å². The Morgan fingerprint density at radius 1 is 1.21 bits per heavy atom. The summed E-state index contributed by atoms with van der Waals surface area (Å²) in [6.07, 6.45) is 2.17. The molecule has 1 aromatic rings. The van der Waals surface area contributed by atoms with Gasteiger partial charge in [0.2, 0.25) is 5.91 Å². The standard InChI is InChI=1S/C21H27N3O4/c1-21(2)10-16(21)18(25)11-22-19(26)17-9-8-15-12-23(17)20(27)24(15)28-13-14-6-4-3-5-7-14/h3-7,15-17H,8-13H2,1-2H3,(H,22,26)/t15-,16?,17+/m1/s1. The van der Waals surface area contributed by atoms with Crippen molar-refractivity contribution in [3.63, 3.8) is 0 Å². The maximum Gasteiger partial charge on any atom is 0.345 e. The number of piperidine rings is 1. The number of fused-ring (bicyclic) bond motifs is 2. The minimum atomic E-state index is -0.533. The molecule has 7 heteroatoms. The highest BCUT2D eigenvalue weighted by molar-refractivity contribution is 5.93. The Bertz CT molecular complexity index is 779. The number of carbonyl (C=O) groups excluding carboxylic acids is 3. The van der Waals surface area contributed by atoms with E-state index in [1.165, 1.54) is 5.06 Å². The summed E-state index contributed by atoms with van der Waals surface area (Å²) in [6.45, 7) is 4.97. The molecule has 3 fully saturated rings. The van der Waals surface area contributed by atoms with Gasteiger partial charge in [0.1, 0.15) is 12.6 Å². The third-order valence-electron chi connectivity index (χ3n) is 6.18. The van der Waals surface area contributed by atoms with E-state index in [2.05, 4.69) is 19.2 Å². The molecule has 2 bridgehead atoms. The Morgan fingerprint density at radius 2 is 1.93 bits per heavy atom. The molecule has 1 aromatic carbocycles. The summed E-state index contributed by atoms with van der Waals surface area (Å²) < 4.78 is 0. The van der Waals surface area contributed by atoms with Crippen molar-refractivity contribution < 1.29 is 19.2 Å². The molecule has 1 saturated carbocycles.